The Bertz CT molecular complexity index is 738. The van der Waals surface area contributed by atoms with E-state index in [4.69, 9.17) is 12.2 Å². The van der Waals surface area contributed by atoms with Gasteiger partial charge in [0.1, 0.15) is 0 Å². The zero-order chi connectivity index (χ0) is 13.3. The summed E-state index contributed by atoms with van der Waals surface area (Å²) < 4.78 is 24.2. The lowest BCUT2D eigenvalue weighted by Crippen LogP contribution is -2.17. The van der Waals surface area contributed by atoms with Gasteiger partial charge in [-0.2, -0.15) is 0 Å². The third-order valence-electron chi connectivity index (χ3n) is 2.46. The highest BCUT2D eigenvalue weighted by Crippen LogP contribution is 2.10. The van der Waals surface area contributed by atoms with E-state index in [1.807, 2.05) is 0 Å². The molecule has 0 radical (unpaired) electrons. The van der Waals surface area contributed by atoms with Gasteiger partial charge < -0.3 is 0 Å². The van der Waals surface area contributed by atoms with Crippen LogP contribution < -0.4 is 5.69 Å². The number of aromatic nitrogens is 3. The van der Waals surface area contributed by atoms with Crippen LogP contribution in [-0.4, -0.2) is 29.4 Å². The molecule has 0 amide bonds. The Labute approximate surface area is 108 Å². The van der Waals surface area contributed by atoms with Gasteiger partial charge in [-0.05, 0) is 29.9 Å². The minimum atomic E-state index is -3.20. The molecule has 0 spiro atoms. The van der Waals surface area contributed by atoms with Crippen LogP contribution >= 0.6 is 12.2 Å². The van der Waals surface area contributed by atoms with E-state index < -0.39 is 9.84 Å². The smallest absolute Gasteiger partial charge is 0.272 e. The molecular formula is C10H11N3O3S2. The van der Waals surface area contributed by atoms with Crippen molar-refractivity contribution in [2.45, 2.75) is 11.4 Å². The summed E-state index contributed by atoms with van der Waals surface area (Å²) in [5.74, 6) is 0. The number of aromatic amines is 2. The van der Waals surface area contributed by atoms with E-state index >= 15 is 0 Å². The zero-order valence-corrected chi connectivity index (χ0v) is 11.1. The number of hydrogen-bond acceptors (Lipinski definition) is 4. The van der Waals surface area contributed by atoms with Gasteiger partial charge in [0.15, 0.2) is 14.6 Å². The highest BCUT2D eigenvalue weighted by molar-refractivity contribution is 7.90. The molecular weight excluding hydrogens is 274 g/mol. The lowest BCUT2D eigenvalue weighted by molar-refractivity contribution is 0.602. The molecule has 1 heterocycles. The maximum Gasteiger partial charge on any atom is 0.342 e. The molecule has 6 nitrogen and oxygen atoms in total. The van der Waals surface area contributed by atoms with Crippen LogP contribution in [0.5, 0.6) is 0 Å². The van der Waals surface area contributed by atoms with Crippen LogP contribution in [0.1, 0.15) is 5.56 Å². The molecule has 0 saturated carbocycles. The normalized spacial score (nSPS) is 11.6. The Morgan fingerprint density at radius 2 is 1.83 bits per heavy atom. The number of hydrogen-bond donors (Lipinski definition) is 2. The molecule has 1 aromatic carbocycles. The van der Waals surface area contributed by atoms with E-state index in [-0.39, 0.29) is 10.6 Å². The van der Waals surface area contributed by atoms with Gasteiger partial charge in [0, 0.05) is 6.26 Å². The maximum atomic E-state index is 11.4. The van der Waals surface area contributed by atoms with E-state index in [2.05, 4.69) is 10.2 Å². The van der Waals surface area contributed by atoms with Crippen molar-refractivity contribution in [1.82, 2.24) is 14.8 Å². The van der Waals surface area contributed by atoms with E-state index in [9.17, 15) is 13.2 Å². The molecule has 0 unspecified atom stereocenters. The van der Waals surface area contributed by atoms with Crippen LogP contribution in [0.25, 0.3) is 0 Å². The van der Waals surface area contributed by atoms with Crippen molar-refractivity contribution in [1.29, 1.82) is 0 Å². The fourth-order valence-electron chi connectivity index (χ4n) is 1.50. The summed E-state index contributed by atoms with van der Waals surface area (Å²) in [6.45, 7) is 0.293. The molecule has 1 aromatic heterocycles. The first kappa shape index (κ1) is 12.8. The van der Waals surface area contributed by atoms with Gasteiger partial charge in [-0.1, -0.05) is 12.1 Å². The first-order valence-corrected chi connectivity index (χ1v) is 7.34. The highest BCUT2D eigenvalue weighted by Gasteiger charge is 2.07. The van der Waals surface area contributed by atoms with Crippen LogP contribution in [0.2, 0.25) is 0 Å². The minimum absolute atomic E-state index is 0.248. The lowest BCUT2D eigenvalue weighted by Gasteiger charge is -2.03. The predicted molar refractivity (Wildman–Crippen MR) is 68.9 cm³/mol. The molecule has 0 aliphatic heterocycles. The van der Waals surface area contributed by atoms with Gasteiger partial charge >= 0.3 is 5.69 Å². The first-order valence-electron chi connectivity index (χ1n) is 5.04. The summed E-state index contributed by atoms with van der Waals surface area (Å²) in [6, 6.07) is 6.33. The van der Waals surface area contributed by atoms with Crippen LogP contribution in [0.15, 0.2) is 34.0 Å². The van der Waals surface area contributed by atoms with E-state index in [1.165, 1.54) is 16.7 Å². The molecule has 96 valence electrons. The molecule has 18 heavy (non-hydrogen) atoms. The molecule has 0 aliphatic rings. The fraction of sp³-hybridized carbons (Fsp3) is 0.200. The van der Waals surface area contributed by atoms with Gasteiger partial charge in [0.25, 0.3) is 0 Å². The lowest BCUT2D eigenvalue weighted by atomic mass is 10.2. The van der Waals surface area contributed by atoms with Crippen molar-refractivity contribution in [3.8, 4) is 0 Å². The third-order valence-corrected chi connectivity index (χ3v) is 3.91. The first-order chi connectivity index (χ1) is 8.38. The van der Waals surface area contributed by atoms with Crippen molar-refractivity contribution >= 4 is 22.1 Å². The molecule has 0 aliphatic carbocycles. The quantitative estimate of drug-likeness (QED) is 0.812. The number of sulfone groups is 1. The summed E-state index contributed by atoms with van der Waals surface area (Å²) in [5.41, 5.74) is 0.468. The molecule has 0 saturated heterocycles. The second-order valence-electron chi connectivity index (χ2n) is 3.86. The monoisotopic (exact) mass is 285 g/mol. The van der Waals surface area contributed by atoms with Gasteiger partial charge in [-0.25, -0.2) is 18.3 Å². The van der Waals surface area contributed by atoms with Crippen LogP contribution in [0, 0.1) is 4.77 Å². The Hall–Kier alpha value is -1.67. The standard InChI is InChI=1S/C10H11N3O3S2/c1-18(15,16)8-4-2-7(3-5-8)6-13-9(14)11-12-10(13)17/h2-5H,6H2,1H3,(H,11,14)(H,12,17). The van der Waals surface area contributed by atoms with Crippen molar-refractivity contribution in [3.05, 3.63) is 45.1 Å². The molecule has 0 bridgehead atoms. The van der Waals surface area contributed by atoms with Crippen molar-refractivity contribution < 1.29 is 8.42 Å². The third kappa shape index (κ3) is 2.59. The van der Waals surface area contributed by atoms with Crippen LogP contribution in [0.4, 0.5) is 0 Å². The molecule has 0 fully saturated rings. The maximum absolute atomic E-state index is 11.4. The number of nitrogens with one attached hydrogen (secondary N) is 2. The van der Waals surface area contributed by atoms with E-state index in [1.54, 1.807) is 12.1 Å². The summed E-state index contributed by atoms with van der Waals surface area (Å²) in [4.78, 5) is 11.6. The largest absolute Gasteiger partial charge is 0.342 e. The molecule has 2 aromatic rings. The average Bonchev–Trinajstić information content (AvgIpc) is 2.60. The highest BCUT2D eigenvalue weighted by atomic mass is 32.2. The van der Waals surface area contributed by atoms with Crippen LogP contribution in [0.3, 0.4) is 0 Å². The average molecular weight is 285 g/mol. The second-order valence-corrected chi connectivity index (χ2v) is 6.27. The summed E-state index contributed by atoms with van der Waals surface area (Å²) in [6.07, 6.45) is 1.15. The van der Waals surface area contributed by atoms with E-state index in [0.29, 0.717) is 11.3 Å². The van der Waals surface area contributed by atoms with Crippen molar-refractivity contribution in [2.24, 2.45) is 0 Å². The Morgan fingerprint density at radius 3 is 2.28 bits per heavy atom. The summed E-state index contributed by atoms with van der Waals surface area (Å²) in [5, 5.41) is 4.91. The van der Waals surface area contributed by atoms with Gasteiger partial charge in [-0.15, -0.1) is 0 Å². The molecule has 0 atom stereocenters. The van der Waals surface area contributed by atoms with Crippen LogP contribution in [-0.2, 0) is 16.4 Å². The minimum Gasteiger partial charge on any atom is -0.272 e. The Kier molecular flexibility index (Phi) is 3.22. The van der Waals surface area contributed by atoms with Crippen molar-refractivity contribution in [3.63, 3.8) is 0 Å². The Morgan fingerprint density at radius 1 is 1.22 bits per heavy atom. The van der Waals surface area contributed by atoms with Gasteiger partial charge in [0.05, 0.1) is 11.4 Å². The topological polar surface area (TPSA) is 87.7 Å². The molecule has 2 rings (SSSR count). The SMILES string of the molecule is CS(=O)(=O)c1ccc(Cn2c(=O)[nH][nH]c2=S)cc1. The summed E-state index contributed by atoms with van der Waals surface area (Å²) in [7, 11) is -3.20. The zero-order valence-electron chi connectivity index (χ0n) is 9.50. The Balaban J connectivity index is 2.33. The molecule has 2 N–H and O–H groups in total. The van der Waals surface area contributed by atoms with Gasteiger partial charge in [-0.3, -0.25) is 9.67 Å². The number of rotatable bonds is 3. The fourth-order valence-corrected chi connectivity index (χ4v) is 2.33. The number of nitrogens with zero attached hydrogens (tertiary/aromatic N) is 1. The molecule has 8 heteroatoms. The number of benzene rings is 1. The number of H-pyrrole nitrogens is 2. The van der Waals surface area contributed by atoms with Gasteiger partial charge in [0.2, 0.25) is 0 Å². The predicted octanol–water partition coefficient (Wildman–Crippen LogP) is 0.686. The van der Waals surface area contributed by atoms with E-state index in [0.717, 1.165) is 11.8 Å². The summed E-state index contributed by atoms with van der Waals surface area (Å²) >= 11 is 4.94. The second kappa shape index (κ2) is 4.54. The van der Waals surface area contributed by atoms with Crippen molar-refractivity contribution in [2.75, 3.05) is 6.26 Å².